The van der Waals surface area contributed by atoms with Crippen LogP contribution in [0.3, 0.4) is 0 Å². The summed E-state index contributed by atoms with van der Waals surface area (Å²) in [5.74, 6) is 0. The normalized spacial score (nSPS) is 11.7. The summed E-state index contributed by atoms with van der Waals surface area (Å²) in [5, 5.41) is 31.3. The maximum atomic E-state index is 11.5. The number of para-hydroxylation sites is 5. The molecule has 7 nitrogen and oxygen atoms in total. The van der Waals surface area contributed by atoms with Gasteiger partial charge in [-0.15, -0.1) is 11.3 Å². The van der Waals surface area contributed by atoms with Gasteiger partial charge in [-0.1, -0.05) is 109 Å². The van der Waals surface area contributed by atoms with E-state index in [-0.39, 0.29) is 0 Å². The predicted octanol–water partition coefficient (Wildman–Crippen LogP) is 18.8. The second-order valence-corrected chi connectivity index (χ2v) is 20.2. The van der Waals surface area contributed by atoms with E-state index in [1.807, 2.05) is 54.6 Å². The molecule has 0 unspecified atom stereocenters. The maximum Gasteiger partial charge on any atom is 0.145 e. The first kappa shape index (κ1) is 43.2. The molecule has 0 N–H and O–H groups in total. The smallest absolute Gasteiger partial charge is 0.145 e. The second kappa shape index (κ2) is 17.1. The highest BCUT2D eigenvalue weighted by molar-refractivity contribution is 7.25. The molecule has 0 radical (unpaired) electrons. The minimum absolute atomic E-state index is 0.422. The van der Waals surface area contributed by atoms with Crippen LogP contribution in [0, 0.1) is 22.7 Å². The molecule has 0 saturated carbocycles. The number of furan rings is 1. The molecule has 354 valence electrons. The van der Waals surface area contributed by atoms with E-state index in [1.165, 1.54) is 15.5 Å². The molecule has 0 atom stereocenters. The topological polar surface area (TPSA) is 77.1 Å². The van der Waals surface area contributed by atoms with Crippen LogP contribution in [0.25, 0.3) is 97.1 Å². The zero-order chi connectivity index (χ0) is 50.4. The first-order valence-corrected chi connectivity index (χ1v) is 26.0. The van der Waals surface area contributed by atoms with Crippen LogP contribution in [0.1, 0.15) is 11.1 Å². The fourth-order valence-electron chi connectivity index (χ4n) is 11.6. The molecule has 0 bridgehead atoms. The van der Waals surface area contributed by atoms with Crippen LogP contribution >= 0.6 is 11.3 Å². The SMILES string of the molecule is N#Cc1cc(-n2c3ccc(N(c4ccccc4)c4ccccc4)cc3c3c4oc5ccccc5c4ccc32)c(C#N)cc1-n1c2ccc(N(c3ccccc3)c3ccccc3)cc2c2cc3c(cc21)sc1ccccc13. The van der Waals surface area contributed by atoms with E-state index in [0.717, 1.165) is 104 Å². The molecule has 4 aromatic heterocycles. The first-order chi connectivity index (χ1) is 37.6. The number of thiophene rings is 1. The number of anilines is 6. The third kappa shape index (κ3) is 6.59. The Morgan fingerprint density at radius 3 is 1.39 bits per heavy atom. The van der Waals surface area contributed by atoms with E-state index in [2.05, 4.69) is 219 Å². The zero-order valence-corrected chi connectivity index (χ0v) is 41.4. The van der Waals surface area contributed by atoms with Crippen LogP contribution in [-0.2, 0) is 0 Å². The van der Waals surface area contributed by atoms with E-state index in [4.69, 9.17) is 4.42 Å². The van der Waals surface area contributed by atoms with Crippen molar-refractivity contribution in [1.82, 2.24) is 9.13 Å². The first-order valence-electron chi connectivity index (χ1n) is 25.2. The number of nitrogens with zero attached hydrogens (tertiary/aromatic N) is 6. The van der Waals surface area contributed by atoms with Gasteiger partial charge in [0.2, 0.25) is 0 Å². The van der Waals surface area contributed by atoms with Crippen molar-refractivity contribution in [3.05, 3.63) is 254 Å². The van der Waals surface area contributed by atoms with Crippen LogP contribution in [0.5, 0.6) is 0 Å². The third-order valence-electron chi connectivity index (χ3n) is 14.9. The highest BCUT2D eigenvalue weighted by Gasteiger charge is 2.26. The fraction of sp³-hybridized carbons (Fsp3) is 0. The number of rotatable bonds is 8. The summed E-state index contributed by atoms with van der Waals surface area (Å²) in [6.07, 6.45) is 0. The van der Waals surface area contributed by atoms with E-state index < -0.39 is 0 Å². The molecule has 76 heavy (non-hydrogen) atoms. The van der Waals surface area contributed by atoms with Gasteiger partial charge < -0.3 is 23.4 Å². The van der Waals surface area contributed by atoms with E-state index in [1.54, 1.807) is 11.3 Å². The summed E-state index contributed by atoms with van der Waals surface area (Å²) in [6.45, 7) is 0. The van der Waals surface area contributed by atoms with Crippen LogP contribution in [0.15, 0.2) is 247 Å². The van der Waals surface area contributed by atoms with Gasteiger partial charge in [0.25, 0.3) is 0 Å². The molecule has 15 rings (SSSR count). The van der Waals surface area contributed by atoms with Crippen LogP contribution in [-0.4, -0.2) is 9.13 Å². The van der Waals surface area contributed by atoms with Gasteiger partial charge in [-0.3, -0.25) is 0 Å². The molecule has 0 aliphatic heterocycles. The fourth-order valence-corrected chi connectivity index (χ4v) is 12.7. The average Bonchev–Trinajstić information content (AvgIpc) is 4.25. The lowest BCUT2D eigenvalue weighted by atomic mass is 10.1. The minimum atomic E-state index is 0.422. The van der Waals surface area contributed by atoms with Crippen molar-refractivity contribution >= 4 is 131 Å². The third-order valence-corrected chi connectivity index (χ3v) is 16.0. The van der Waals surface area contributed by atoms with Gasteiger partial charge in [-0.2, -0.15) is 10.5 Å². The number of nitriles is 2. The lowest BCUT2D eigenvalue weighted by Gasteiger charge is -2.25. The molecule has 8 heteroatoms. The molecule has 0 spiro atoms. The van der Waals surface area contributed by atoms with Crippen molar-refractivity contribution in [2.24, 2.45) is 0 Å². The number of hydrogen-bond donors (Lipinski definition) is 0. The number of hydrogen-bond acceptors (Lipinski definition) is 6. The van der Waals surface area contributed by atoms with Crippen molar-refractivity contribution < 1.29 is 4.42 Å². The van der Waals surface area contributed by atoms with Gasteiger partial charge in [0, 0.05) is 81.2 Å². The molecule has 0 aliphatic rings. The summed E-state index contributed by atoms with van der Waals surface area (Å²) >= 11 is 1.76. The van der Waals surface area contributed by atoms with Gasteiger partial charge in [0.05, 0.1) is 50.0 Å². The largest absolute Gasteiger partial charge is 0.455 e. The summed E-state index contributed by atoms with van der Waals surface area (Å²) in [4.78, 5) is 4.53. The lowest BCUT2D eigenvalue weighted by Crippen LogP contribution is -2.09. The summed E-state index contributed by atoms with van der Waals surface area (Å²) < 4.78 is 13.5. The predicted molar refractivity (Wildman–Crippen MR) is 314 cm³/mol. The molecular weight excluding hydrogens is 949 g/mol. The Morgan fingerprint density at radius 1 is 0.342 bits per heavy atom. The van der Waals surface area contributed by atoms with E-state index in [9.17, 15) is 10.5 Å². The Bertz CT molecular complexity index is 4770. The highest BCUT2D eigenvalue weighted by Crippen LogP contribution is 2.47. The van der Waals surface area contributed by atoms with Crippen LogP contribution in [0.2, 0.25) is 0 Å². The van der Waals surface area contributed by atoms with E-state index >= 15 is 0 Å². The molecule has 0 amide bonds. The second-order valence-electron chi connectivity index (χ2n) is 19.1. The zero-order valence-electron chi connectivity index (χ0n) is 40.6. The van der Waals surface area contributed by atoms with Crippen molar-refractivity contribution in [3.8, 4) is 23.5 Å². The van der Waals surface area contributed by atoms with Crippen molar-refractivity contribution in [2.75, 3.05) is 9.80 Å². The summed E-state index contributed by atoms with van der Waals surface area (Å²) in [6, 6.07) is 89.3. The van der Waals surface area contributed by atoms with Crippen LogP contribution in [0.4, 0.5) is 34.1 Å². The minimum Gasteiger partial charge on any atom is -0.455 e. The Kier molecular flexibility index (Phi) is 9.73. The Labute approximate surface area is 440 Å². The van der Waals surface area contributed by atoms with Gasteiger partial charge in [-0.05, 0) is 133 Å². The molecule has 0 fully saturated rings. The maximum absolute atomic E-state index is 11.5. The lowest BCUT2D eigenvalue weighted by molar-refractivity contribution is 0.673. The Morgan fingerprint density at radius 2 is 0.816 bits per heavy atom. The highest BCUT2D eigenvalue weighted by atomic mass is 32.1. The number of fused-ring (bicyclic) bond motifs is 13. The quantitative estimate of drug-likeness (QED) is 0.152. The van der Waals surface area contributed by atoms with Gasteiger partial charge in [0.15, 0.2) is 0 Å². The van der Waals surface area contributed by atoms with E-state index in [0.29, 0.717) is 22.5 Å². The van der Waals surface area contributed by atoms with Gasteiger partial charge >= 0.3 is 0 Å². The van der Waals surface area contributed by atoms with Crippen molar-refractivity contribution in [3.63, 3.8) is 0 Å². The Hall–Kier alpha value is -10.4. The Balaban J connectivity index is 0.988. The molecule has 0 saturated heterocycles. The van der Waals surface area contributed by atoms with Crippen molar-refractivity contribution in [2.45, 2.75) is 0 Å². The van der Waals surface area contributed by atoms with Gasteiger partial charge in [0.1, 0.15) is 23.3 Å². The number of aromatic nitrogens is 2. The van der Waals surface area contributed by atoms with Crippen LogP contribution < -0.4 is 9.80 Å². The number of benzene rings is 11. The standard InChI is InChI=1S/C68H40N6OS/c69-41-43-36-62(74-58-32-29-49(71(45-17-5-1-6-18-45)46-19-7-2-8-20-46)37-54(58)55-39-56-52-26-14-16-28-65(52)76-66(56)40-63(55)74)44(42-70)35-61(43)73-59-33-30-50(72(47-21-9-3-10-22-47)48-23-11-4-12-24-48)38-57(59)67-60(73)34-31-53-51-25-13-15-27-64(51)75-68(53)67/h1-40H. The molecule has 4 heterocycles. The molecule has 11 aromatic carbocycles. The van der Waals surface area contributed by atoms with Crippen molar-refractivity contribution in [1.29, 1.82) is 10.5 Å². The average molecular weight is 989 g/mol. The summed E-state index contributed by atoms with van der Waals surface area (Å²) in [7, 11) is 0. The monoisotopic (exact) mass is 988 g/mol. The van der Waals surface area contributed by atoms with Gasteiger partial charge in [-0.25, -0.2) is 0 Å². The molecule has 0 aliphatic carbocycles. The molecular formula is C68H40N6OS. The molecule has 15 aromatic rings. The summed E-state index contributed by atoms with van der Waals surface area (Å²) in [5.41, 5.74) is 13.3.